The Labute approximate surface area is 112 Å². The molecule has 0 aliphatic rings. The van der Waals surface area contributed by atoms with Gasteiger partial charge in [-0.3, -0.25) is 0 Å². The van der Waals surface area contributed by atoms with Crippen molar-refractivity contribution in [2.45, 2.75) is 13.0 Å². The Morgan fingerprint density at radius 1 is 1.42 bits per heavy atom. The molecule has 0 amide bonds. The van der Waals surface area contributed by atoms with Crippen LogP contribution in [0.1, 0.15) is 29.3 Å². The molecule has 0 fully saturated rings. The Kier molecular flexibility index (Phi) is 5.52. The molecule has 2 N–H and O–H groups in total. The number of rotatable bonds is 7. The highest BCUT2D eigenvalue weighted by Gasteiger charge is 2.14. The highest BCUT2D eigenvalue weighted by Crippen LogP contribution is 2.16. The number of hydrogen-bond acceptors (Lipinski definition) is 6. The van der Waals surface area contributed by atoms with E-state index in [1.165, 1.54) is 13.2 Å². The van der Waals surface area contributed by atoms with Gasteiger partial charge in [-0.05, 0) is 19.1 Å². The minimum absolute atomic E-state index is 0.139. The lowest BCUT2D eigenvalue weighted by Crippen LogP contribution is -2.32. The van der Waals surface area contributed by atoms with Crippen LogP contribution in [0.3, 0.4) is 0 Å². The van der Waals surface area contributed by atoms with Crippen molar-refractivity contribution in [1.82, 2.24) is 10.0 Å². The summed E-state index contributed by atoms with van der Waals surface area (Å²) in [6.07, 6.45) is 1.10. The van der Waals surface area contributed by atoms with Crippen molar-refractivity contribution in [2.24, 2.45) is 0 Å². The molecule has 108 valence electrons. The third-order valence-electron chi connectivity index (χ3n) is 2.38. The van der Waals surface area contributed by atoms with E-state index < -0.39 is 16.0 Å². The topological polar surface area (TPSA) is 97.6 Å². The fourth-order valence-corrected chi connectivity index (χ4v) is 1.89. The lowest BCUT2D eigenvalue weighted by atomic mass is 10.2. The fourth-order valence-electron chi connectivity index (χ4n) is 1.42. The largest absolute Gasteiger partial charge is 0.463 e. The Balaban J connectivity index is 2.43. The predicted octanol–water partition coefficient (Wildman–Crippen LogP) is 0.266. The van der Waals surface area contributed by atoms with E-state index >= 15 is 0 Å². The maximum atomic E-state index is 11.2. The number of esters is 1. The van der Waals surface area contributed by atoms with E-state index in [-0.39, 0.29) is 18.3 Å². The zero-order chi connectivity index (χ0) is 14.5. The normalized spacial score (nSPS) is 13.2. The summed E-state index contributed by atoms with van der Waals surface area (Å²) in [5.74, 6) is 0.192. The number of carbonyl (C=O) groups is 1. The molecule has 0 aliphatic carbocycles. The quantitative estimate of drug-likeness (QED) is 0.552. The van der Waals surface area contributed by atoms with Gasteiger partial charge in [0, 0.05) is 13.1 Å². The molecule has 1 rings (SSSR count). The van der Waals surface area contributed by atoms with Gasteiger partial charge in [-0.25, -0.2) is 17.9 Å². The second-order valence-electron chi connectivity index (χ2n) is 4.04. The van der Waals surface area contributed by atoms with Gasteiger partial charge in [-0.2, -0.15) is 0 Å². The predicted molar refractivity (Wildman–Crippen MR) is 69.3 cm³/mol. The molecule has 8 heteroatoms. The van der Waals surface area contributed by atoms with Gasteiger partial charge in [0.1, 0.15) is 5.76 Å². The molecule has 1 heterocycles. The second kappa shape index (κ2) is 6.69. The minimum atomic E-state index is -3.17. The standard InChI is InChI=1S/C11H18N2O5S/c1-8(12-6-7-13-19(3,15)16)9-4-5-10(18-9)11(14)17-2/h4-5,8,12-13H,6-7H2,1-3H3. The third kappa shape index (κ3) is 5.41. The number of carbonyl (C=O) groups excluding carboxylic acids is 1. The van der Waals surface area contributed by atoms with E-state index in [1.807, 2.05) is 6.92 Å². The molecular weight excluding hydrogens is 272 g/mol. The van der Waals surface area contributed by atoms with E-state index in [4.69, 9.17) is 4.42 Å². The van der Waals surface area contributed by atoms with Gasteiger partial charge in [0.05, 0.1) is 19.4 Å². The van der Waals surface area contributed by atoms with E-state index in [0.717, 1.165) is 6.26 Å². The number of furan rings is 1. The molecule has 1 aromatic rings. The molecule has 0 aromatic carbocycles. The van der Waals surface area contributed by atoms with E-state index in [1.54, 1.807) is 6.07 Å². The summed E-state index contributed by atoms with van der Waals surface area (Å²) in [5.41, 5.74) is 0. The Morgan fingerprint density at radius 2 is 2.11 bits per heavy atom. The summed E-state index contributed by atoms with van der Waals surface area (Å²) in [7, 11) is -1.89. The summed E-state index contributed by atoms with van der Waals surface area (Å²) in [4.78, 5) is 11.2. The average molecular weight is 290 g/mol. The molecule has 0 saturated carbocycles. The molecule has 0 spiro atoms. The van der Waals surface area contributed by atoms with E-state index in [2.05, 4.69) is 14.8 Å². The molecule has 1 atom stereocenters. The zero-order valence-corrected chi connectivity index (χ0v) is 11.9. The molecule has 0 saturated heterocycles. The Hall–Kier alpha value is -1.38. The van der Waals surface area contributed by atoms with Crippen LogP contribution in [0.5, 0.6) is 0 Å². The first-order valence-electron chi connectivity index (χ1n) is 5.69. The van der Waals surface area contributed by atoms with Gasteiger partial charge < -0.3 is 14.5 Å². The number of ether oxygens (including phenoxy) is 1. The molecule has 19 heavy (non-hydrogen) atoms. The Bertz CT molecular complexity index is 523. The first-order valence-corrected chi connectivity index (χ1v) is 7.58. The third-order valence-corrected chi connectivity index (χ3v) is 3.11. The molecule has 0 aliphatic heterocycles. The van der Waals surface area contributed by atoms with Crippen molar-refractivity contribution < 1.29 is 22.4 Å². The number of nitrogens with one attached hydrogen (secondary N) is 2. The van der Waals surface area contributed by atoms with Crippen molar-refractivity contribution in [3.63, 3.8) is 0 Å². The van der Waals surface area contributed by atoms with Crippen LogP contribution >= 0.6 is 0 Å². The number of methoxy groups -OCH3 is 1. The molecule has 7 nitrogen and oxygen atoms in total. The van der Waals surface area contributed by atoms with Crippen molar-refractivity contribution in [2.75, 3.05) is 26.5 Å². The van der Waals surface area contributed by atoms with Crippen LogP contribution in [-0.2, 0) is 14.8 Å². The zero-order valence-electron chi connectivity index (χ0n) is 11.1. The van der Waals surface area contributed by atoms with Crippen LogP contribution in [0.25, 0.3) is 0 Å². The Morgan fingerprint density at radius 3 is 2.68 bits per heavy atom. The van der Waals surface area contributed by atoms with Crippen molar-refractivity contribution in [3.8, 4) is 0 Å². The van der Waals surface area contributed by atoms with E-state index in [0.29, 0.717) is 12.3 Å². The highest BCUT2D eigenvalue weighted by atomic mass is 32.2. The van der Waals surface area contributed by atoms with Gasteiger partial charge in [0.2, 0.25) is 15.8 Å². The van der Waals surface area contributed by atoms with Crippen LogP contribution in [0.4, 0.5) is 0 Å². The second-order valence-corrected chi connectivity index (χ2v) is 5.87. The summed E-state index contributed by atoms with van der Waals surface area (Å²) in [5, 5.41) is 3.07. The fraction of sp³-hybridized carbons (Fsp3) is 0.545. The minimum Gasteiger partial charge on any atom is -0.463 e. The van der Waals surface area contributed by atoms with Gasteiger partial charge in [0.15, 0.2) is 0 Å². The van der Waals surface area contributed by atoms with Crippen LogP contribution in [0, 0.1) is 0 Å². The first-order chi connectivity index (χ1) is 8.83. The highest BCUT2D eigenvalue weighted by molar-refractivity contribution is 7.88. The van der Waals surface area contributed by atoms with Crippen molar-refractivity contribution in [1.29, 1.82) is 0 Å². The molecule has 0 radical (unpaired) electrons. The maximum Gasteiger partial charge on any atom is 0.373 e. The molecule has 1 aromatic heterocycles. The smallest absolute Gasteiger partial charge is 0.373 e. The van der Waals surface area contributed by atoms with Gasteiger partial charge in [-0.1, -0.05) is 0 Å². The summed E-state index contributed by atoms with van der Waals surface area (Å²) in [6.45, 7) is 2.58. The molecule has 0 bridgehead atoms. The van der Waals surface area contributed by atoms with Crippen molar-refractivity contribution in [3.05, 3.63) is 23.7 Å². The van der Waals surface area contributed by atoms with Gasteiger partial charge in [0.25, 0.3) is 0 Å². The lowest BCUT2D eigenvalue weighted by Gasteiger charge is -2.11. The van der Waals surface area contributed by atoms with Gasteiger partial charge in [-0.15, -0.1) is 0 Å². The van der Waals surface area contributed by atoms with E-state index in [9.17, 15) is 13.2 Å². The maximum absolute atomic E-state index is 11.2. The summed E-state index contributed by atoms with van der Waals surface area (Å²) >= 11 is 0. The van der Waals surface area contributed by atoms with Crippen LogP contribution in [0.15, 0.2) is 16.5 Å². The monoisotopic (exact) mass is 290 g/mol. The number of hydrogen-bond donors (Lipinski definition) is 2. The van der Waals surface area contributed by atoms with Gasteiger partial charge >= 0.3 is 5.97 Å². The summed E-state index contributed by atoms with van der Waals surface area (Å²) < 4.78 is 33.9. The van der Waals surface area contributed by atoms with Crippen LogP contribution in [0.2, 0.25) is 0 Å². The van der Waals surface area contributed by atoms with Crippen molar-refractivity contribution >= 4 is 16.0 Å². The number of sulfonamides is 1. The molecule has 1 unspecified atom stereocenters. The SMILES string of the molecule is COC(=O)c1ccc(C(C)NCCNS(C)(=O)=O)o1. The van der Waals surface area contributed by atoms with Crippen LogP contribution in [-0.4, -0.2) is 40.8 Å². The van der Waals surface area contributed by atoms with Crippen LogP contribution < -0.4 is 10.0 Å². The first kappa shape index (κ1) is 15.7. The summed E-state index contributed by atoms with van der Waals surface area (Å²) in [6, 6.07) is 3.07. The lowest BCUT2D eigenvalue weighted by molar-refractivity contribution is 0.0562. The average Bonchev–Trinajstić information content (AvgIpc) is 2.81. The molecular formula is C11H18N2O5S.